The van der Waals surface area contributed by atoms with Crippen molar-refractivity contribution in [2.45, 2.75) is 32.7 Å². The molecule has 2 aromatic heterocycles. The fraction of sp³-hybridized carbons (Fsp3) is 0.261. The smallest absolute Gasteiger partial charge is 0.271 e. The quantitative estimate of drug-likeness (QED) is 0.611. The first-order valence-electron chi connectivity index (χ1n) is 9.69. The highest BCUT2D eigenvalue weighted by Gasteiger charge is 2.40. The van der Waals surface area contributed by atoms with Crippen LogP contribution in [0.15, 0.2) is 62.8 Å². The number of thiophene rings is 1. The molecule has 5 rings (SSSR count). The predicted molar refractivity (Wildman–Crippen MR) is 117 cm³/mol. The highest BCUT2D eigenvalue weighted by molar-refractivity contribution is 7.11. The monoisotopic (exact) mass is 438 g/mol. The fourth-order valence-corrected chi connectivity index (χ4v) is 5.95. The van der Waals surface area contributed by atoms with Crippen LogP contribution >= 0.6 is 22.7 Å². The van der Waals surface area contributed by atoms with Crippen molar-refractivity contribution in [3.8, 4) is 0 Å². The first-order valence-corrected chi connectivity index (χ1v) is 11.4. The molecule has 0 saturated heterocycles. The van der Waals surface area contributed by atoms with Gasteiger partial charge in [0.05, 0.1) is 16.3 Å². The van der Waals surface area contributed by atoms with E-state index in [-0.39, 0.29) is 22.6 Å². The maximum atomic E-state index is 13.6. The molecule has 1 atom stereocenters. The number of hydrogen-bond acceptors (Lipinski definition) is 5. The van der Waals surface area contributed by atoms with Gasteiger partial charge in [0.1, 0.15) is 5.82 Å². The van der Waals surface area contributed by atoms with Gasteiger partial charge >= 0.3 is 0 Å². The Balaban J connectivity index is 1.79. The average Bonchev–Trinajstić information content (AvgIpc) is 3.29. The topological polar surface area (TPSA) is 51.4 Å². The molecule has 0 saturated carbocycles. The molecule has 1 unspecified atom stereocenters. The second-order valence-corrected chi connectivity index (χ2v) is 10.4. The number of fused-ring (bicyclic) bond motifs is 1. The number of thiazole rings is 1. The van der Waals surface area contributed by atoms with Gasteiger partial charge < -0.3 is 0 Å². The highest BCUT2D eigenvalue weighted by Crippen LogP contribution is 2.43. The van der Waals surface area contributed by atoms with Gasteiger partial charge in [-0.25, -0.2) is 9.38 Å². The van der Waals surface area contributed by atoms with Crippen molar-refractivity contribution in [1.29, 1.82) is 0 Å². The van der Waals surface area contributed by atoms with E-state index in [1.165, 1.54) is 23.5 Å². The highest BCUT2D eigenvalue weighted by atomic mass is 32.1. The number of aromatic nitrogens is 1. The predicted octanol–water partition coefficient (Wildman–Crippen LogP) is 3.81. The van der Waals surface area contributed by atoms with Crippen LogP contribution < -0.4 is 14.9 Å². The maximum absolute atomic E-state index is 13.6. The Kier molecular flexibility index (Phi) is 4.48. The van der Waals surface area contributed by atoms with E-state index < -0.39 is 6.04 Å². The summed E-state index contributed by atoms with van der Waals surface area (Å²) in [6, 6.07) is 9.36. The minimum atomic E-state index is -0.578. The largest absolute Gasteiger partial charge is 0.294 e. The van der Waals surface area contributed by atoms with E-state index >= 15 is 0 Å². The lowest BCUT2D eigenvalue weighted by atomic mass is 9.73. The van der Waals surface area contributed by atoms with Crippen LogP contribution in [0.4, 0.5) is 4.39 Å². The van der Waals surface area contributed by atoms with Gasteiger partial charge in [0.25, 0.3) is 5.56 Å². The van der Waals surface area contributed by atoms with Crippen LogP contribution in [0.1, 0.15) is 43.2 Å². The third-order valence-electron chi connectivity index (χ3n) is 5.50. The Morgan fingerprint density at radius 1 is 1.17 bits per heavy atom. The standard InChI is InChI=1S/C23H19FN2O2S2/c1-23(2)11-16-19(17(27)12-23)20(13-5-7-14(24)8-6-13)26-21(28)18(30-22(26)25-16)10-15-4-3-9-29-15/h3-10,20H,11-12H2,1-2H3. The van der Waals surface area contributed by atoms with Crippen molar-refractivity contribution in [2.24, 2.45) is 10.4 Å². The molecule has 0 amide bonds. The number of ketones is 1. The van der Waals surface area contributed by atoms with Crippen molar-refractivity contribution in [1.82, 2.24) is 4.57 Å². The number of carbonyl (C=O) groups is 1. The second-order valence-electron chi connectivity index (χ2n) is 8.45. The number of Topliss-reactive ketones (excluding diaryl/α,β-unsaturated/α-hetero) is 1. The zero-order chi connectivity index (χ0) is 21.0. The molecule has 1 aliphatic carbocycles. The van der Waals surface area contributed by atoms with Gasteiger partial charge in [-0.15, -0.1) is 11.3 Å². The van der Waals surface area contributed by atoms with Gasteiger partial charge in [-0.05, 0) is 47.1 Å². The molecule has 4 nitrogen and oxygen atoms in total. The van der Waals surface area contributed by atoms with E-state index in [0.717, 1.165) is 16.1 Å². The molecule has 0 N–H and O–H groups in total. The number of halogens is 1. The summed E-state index contributed by atoms with van der Waals surface area (Å²) in [7, 11) is 0. The normalized spacial score (nSPS) is 20.7. The summed E-state index contributed by atoms with van der Waals surface area (Å²) in [5.74, 6) is -0.346. The van der Waals surface area contributed by atoms with Crippen LogP contribution in [0.3, 0.4) is 0 Å². The lowest BCUT2D eigenvalue weighted by Gasteiger charge is -2.35. The molecule has 3 aromatic rings. The van der Waals surface area contributed by atoms with E-state index in [0.29, 0.717) is 27.7 Å². The van der Waals surface area contributed by atoms with Crippen molar-refractivity contribution < 1.29 is 9.18 Å². The van der Waals surface area contributed by atoms with Crippen molar-refractivity contribution >= 4 is 34.5 Å². The summed E-state index contributed by atoms with van der Waals surface area (Å²) in [4.78, 5) is 32.9. The molecule has 3 heterocycles. The third-order valence-corrected chi connectivity index (χ3v) is 7.30. The average molecular weight is 439 g/mol. The number of rotatable bonds is 2. The van der Waals surface area contributed by atoms with Gasteiger partial charge in [0, 0.05) is 16.9 Å². The van der Waals surface area contributed by atoms with E-state index in [1.807, 2.05) is 23.6 Å². The Morgan fingerprint density at radius 3 is 2.63 bits per heavy atom. The molecular formula is C23H19FN2O2S2. The Bertz CT molecular complexity index is 1360. The number of nitrogens with zero attached hydrogens (tertiary/aromatic N) is 2. The maximum Gasteiger partial charge on any atom is 0.271 e. The fourth-order valence-electron chi connectivity index (χ4n) is 4.21. The lowest BCUT2D eigenvalue weighted by Crippen LogP contribution is -2.42. The van der Waals surface area contributed by atoms with Gasteiger partial charge in [0.2, 0.25) is 0 Å². The molecular weight excluding hydrogens is 419 g/mol. The minimum absolute atomic E-state index is 0.00635. The van der Waals surface area contributed by atoms with Crippen LogP contribution in [0, 0.1) is 11.2 Å². The SMILES string of the molecule is CC1(C)CC(=O)C2=C(C1)N=c1sc(=Cc3cccs3)c(=O)n1C2c1ccc(F)cc1. The summed E-state index contributed by atoms with van der Waals surface area (Å²) in [5, 5.41) is 1.96. The summed E-state index contributed by atoms with van der Waals surface area (Å²) < 4.78 is 15.8. The van der Waals surface area contributed by atoms with Crippen LogP contribution in [0.2, 0.25) is 0 Å². The van der Waals surface area contributed by atoms with Crippen LogP contribution in [0.5, 0.6) is 0 Å². The van der Waals surface area contributed by atoms with E-state index in [2.05, 4.69) is 13.8 Å². The molecule has 30 heavy (non-hydrogen) atoms. The van der Waals surface area contributed by atoms with E-state index in [9.17, 15) is 14.0 Å². The van der Waals surface area contributed by atoms with Crippen LogP contribution in [0.25, 0.3) is 6.08 Å². The van der Waals surface area contributed by atoms with Crippen LogP contribution in [-0.2, 0) is 4.79 Å². The number of allylic oxidation sites excluding steroid dienone is 2. The lowest BCUT2D eigenvalue weighted by molar-refractivity contribution is -0.118. The molecule has 1 aromatic carbocycles. The molecule has 152 valence electrons. The summed E-state index contributed by atoms with van der Waals surface area (Å²) in [5.41, 5.74) is 1.67. The molecule has 0 radical (unpaired) electrons. The molecule has 1 aliphatic heterocycles. The van der Waals surface area contributed by atoms with Gasteiger partial charge in [-0.1, -0.05) is 43.4 Å². The van der Waals surface area contributed by atoms with Crippen LogP contribution in [-0.4, -0.2) is 10.4 Å². The van der Waals surface area contributed by atoms with Crippen molar-refractivity contribution in [3.63, 3.8) is 0 Å². The molecule has 0 spiro atoms. The van der Waals surface area contributed by atoms with Crippen molar-refractivity contribution in [2.75, 3.05) is 0 Å². The number of benzene rings is 1. The summed E-state index contributed by atoms with van der Waals surface area (Å²) in [6.45, 7) is 4.12. The first-order chi connectivity index (χ1) is 14.3. The minimum Gasteiger partial charge on any atom is -0.294 e. The third kappa shape index (κ3) is 3.22. The number of carbonyl (C=O) groups excluding carboxylic acids is 1. The molecule has 0 fully saturated rings. The summed E-state index contributed by atoms with van der Waals surface area (Å²) in [6.07, 6.45) is 2.94. The Hall–Kier alpha value is -2.64. The first kappa shape index (κ1) is 19.3. The Morgan fingerprint density at radius 2 is 1.93 bits per heavy atom. The molecule has 2 aliphatic rings. The molecule has 0 bridgehead atoms. The van der Waals surface area contributed by atoms with Gasteiger partial charge in [-0.2, -0.15) is 0 Å². The van der Waals surface area contributed by atoms with E-state index in [1.54, 1.807) is 28.0 Å². The molecule has 7 heteroatoms. The van der Waals surface area contributed by atoms with Gasteiger partial charge in [0.15, 0.2) is 10.6 Å². The van der Waals surface area contributed by atoms with Crippen molar-refractivity contribution in [3.05, 3.63) is 89.0 Å². The number of hydrogen-bond donors (Lipinski definition) is 0. The zero-order valence-corrected chi connectivity index (χ0v) is 18.1. The van der Waals surface area contributed by atoms with E-state index in [4.69, 9.17) is 4.99 Å². The van der Waals surface area contributed by atoms with Gasteiger partial charge in [-0.3, -0.25) is 14.2 Å². The summed E-state index contributed by atoms with van der Waals surface area (Å²) >= 11 is 2.89. The second kappa shape index (κ2) is 6.96. The zero-order valence-electron chi connectivity index (χ0n) is 16.5. The Labute approximate surface area is 180 Å².